The maximum Gasteiger partial charge on any atom is 0.320 e. The molecule has 0 aliphatic carbocycles. The fraction of sp³-hybridized carbons (Fsp3) is 0.600. The van der Waals surface area contributed by atoms with Gasteiger partial charge >= 0.3 is 5.97 Å². The molecule has 0 saturated carbocycles. The van der Waals surface area contributed by atoms with Crippen LogP contribution in [0, 0.1) is 0 Å². The first-order valence-corrected chi connectivity index (χ1v) is 7.55. The Labute approximate surface area is 110 Å². The maximum atomic E-state index is 12.1. The van der Waals surface area contributed by atoms with E-state index in [0.29, 0.717) is 12.5 Å². The molecule has 0 fully saturated rings. The van der Waals surface area contributed by atoms with E-state index in [9.17, 15) is 13.2 Å². The normalized spacial score (nSPS) is 20.8. The topological polar surface area (TPSA) is 127 Å². The van der Waals surface area contributed by atoms with E-state index < -0.39 is 27.2 Å². The molecular formula is C10H16N4O4S. The van der Waals surface area contributed by atoms with Crippen LogP contribution in [-0.4, -0.2) is 46.2 Å². The van der Waals surface area contributed by atoms with Crippen LogP contribution in [0.3, 0.4) is 0 Å². The van der Waals surface area contributed by atoms with Crippen molar-refractivity contribution in [3.8, 4) is 0 Å². The first-order chi connectivity index (χ1) is 8.90. The van der Waals surface area contributed by atoms with Crippen molar-refractivity contribution in [2.75, 3.05) is 5.75 Å². The number of carboxylic acid groups (broad SMARTS) is 1. The van der Waals surface area contributed by atoms with Crippen molar-refractivity contribution in [3.05, 3.63) is 18.2 Å². The van der Waals surface area contributed by atoms with Gasteiger partial charge in [0.2, 0.25) is 0 Å². The highest BCUT2D eigenvalue weighted by atomic mass is 32.2. The van der Waals surface area contributed by atoms with Gasteiger partial charge in [-0.15, -0.1) is 0 Å². The van der Waals surface area contributed by atoms with E-state index in [4.69, 9.17) is 10.8 Å². The van der Waals surface area contributed by atoms with Crippen molar-refractivity contribution in [3.63, 3.8) is 0 Å². The fourth-order valence-electron chi connectivity index (χ4n) is 1.92. The van der Waals surface area contributed by atoms with E-state index >= 15 is 0 Å². The van der Waals surface area contributed by atoms with Gasteiger partial charge in [-0.1, -0.05) is 0 Å². The molecule has 2 heterocycles. The summed E-state index contributed by atoms with van der Waals surface area (Å²) in [7, 11) is -3.44. The Morgan fingerprint density at radius 3 is 3.11 bits per heavy atom. The molecule has 0 saturated heterocycles. The Morgan fingerprint density at radius 1 is 1.68 bits per heavy atom. The van der Waals surface area contributed by atoms with Crippen molar-refractivity contribution >= 4 is 15.8 Å². The third-order valence-corrected chi connectivity index (χ3v) is 5.13. The summed E-state index contributed by atoms with van der Waals surface area (Å²) in [4.78, 5) is 14.7. The second kappa shape index (κ2) is 5.27. The third kappa shape index (κ3) is 3.11. The zero-order chi connectivity index (χ0) is 14.0. The predicted octanol–water partition coefficient (Wildman–Crippen LogP) is -1.47. The van der Waals surface area contributed by atoms with Gasteiger partial charge < -0.3 is 15.4 Å². The lowest BCUT2D eigenvalue weighted by atomic mass is 10.2. The number of nitrogens with one attached hydrogen (secondary N) is 1. The van der Waals surface area contributed by atoms with E-state index in [1.165, 1.54) is 0 Å². The van der Waals surface area contributed by atoms with Gasteiger partial charge in [-0.2, -0.15) is 0 Å². The molecule has 0 spiro atoms. The number of aromatic nitrogens is 2. The minimum absolute atomic E-state index is 0.0930. The molecule has 1 aromatic rings. The molecule has 4 N–H and O–H groups in total. The molecule has 2 rings (SSSR count). The molecule has 19 heavy (non-hydrogen) atoms. The van der Waals surface area contributed by atoms with Gasteiger partial charge in [-0.3, -0.25) is 10.1 Å². The molecule has 2 atom stereocenters. The van der Waals surface area contributed by atoms with E-state index in [0.717, 1.165) is 0 Å². The monoisotopic (exact) mass is 288 g/mol. The highest BCUT2D eigenvalue weighted by molar-refractivity contribution is 7.91. The minimum atomic E-state index is -3.44. The number of rotatable bonds is 5. The largest absolute Gasteiger partial charge is 0.480 e. The quantitative estimate of drug-likeness (QED) is 0.603. The van der Waals surface area contributed by atoms with Crippen molar-refractivity contribution in [2.24, 2.45) is 5.73 Å². The Kier molecular flexibility index (Phi) is 3.88. The molecule has 1 aromatic heterocycles. The molecule has 1 unspecified atom stereocenters. The Hall–Kier alpha value is -1.45. The summed E-state index contributed by atoms with van der Waals surface area (Å²) in [6.07, 6.45) is 3.57. The van der Waals surface area contributed by atoms with Crippen LogP contribution in [0.15, 0.2) is 12.4 Å². The number of nitrogens with zero attached hydrogens (tertiary/aromatic N) is 2. The predicted molar refractivity (Wildman–Crippen MR) is 66.9 cm³/mol. The Balaban J connectivity index is 2.00. The minimum Gasteiger partial charge on any atom is -0.480 e. The second-order valence-electron chi connectivity index (χ2n) is 4.47. The van der Waals surface area contributed by atoms with Crippen LogP contribution in [0.5, 0.6) is 0 Å². The van der Waals surface area contributed by atoms with E-state index in [2.05, 4.69) is 10.3 Å². The lowest BCUT2D eigenvalue weighted by Crippen LogP contribution is -2.46. The first-order valence-electron chi connectivity index (χ1n) is 5.83. The van der Waals surface area contributed by atoms with Gasteiger partial charge in [-0.25, -0.2) is 13.4 Å². The first kappa shape index (κ1) is 14.0. The zero-order valence-electron chi connectivity index (χ0n) is 10.2. The van der Waals surface area contributed by atoms with Crippen molar-refractivity contribution in [2.45, 2.75) is 30.9 Å². The summed E-state index contributed by atoms with van der Waals surface area (Å²) in [5.74, 6) is -0.740. The smallest absolute Gasteiger partial charge is 0.320 e. The number of imidazole rings is 1. The third-order valence-electron chi connectivity index (χ3n) is 3.12. The summed E-state index contributed by atoms with van der Waals surface area (Å²) in [5.41, 5.74) is 5.31. The lowest BCUT2D eigenvalue weighted by molar-refractivity contribution is -0.138. The number of aliphatic carboxylic acids is 1. The van der Waals surface area contributed by atoms with E-state index in [1.54, 1.807) is 12.4 Å². The molecule has 1 aliphatic rings. The zero-order valence-corrected chi connectivity index (χ0v) is 11.0. The fourth-order valence-corrected chi connectivity index (χ4v) is 3.52. The second-order valence-corrected chi connectivity index (χ2v) is 6.77. The van der Waals surface area contributed by atoms with Crippen LogP contribution in [0.25, 0.3) is 0 Å². The number of carbonyl (C=O) groups is 1. The van der Waals surface area contributed by atoms with Gasteiger partial charge in [0, 0.05) is 18.8 Å². The molecule has 0 amide bonds. The van der Waals surface area contributed by atoms with Crippen molar-refractivity contribution in [1.29, 1.82) is 0 Å². The molecular weight excluding hydrogens is 272 g/mol. The SMILES string of the molecule is N[C@@H](CCS(=O)(=O)C1Cc2nccn2CN1)C(=O)O. The van der Waals surface area contributed by atoms with Crippen molar-refractivity contribution < 1.29 is 18.3 Å². The van der Waals surface area contributed by atoms with Gasteiger partial charge in [0.25, 0.3) is 0 Å². The number of hydrogen-bond donors (Lipinski definition) is 3. The highest BCUT2D eigenvalue weighted by Gasteiger charge is 2.30. The Bertz CT molecular complexity index is 568. The van der Waals surface area contributed by atoms with Gasteiger partial charge in [0.05, 0.1) is 12.4 Å². The maximum absolute atomic E-state index is 12.1. The van der Waals surface area contributed by atoms with Crippen LogP contribution in [0.4, 0.5) is 0 Å². The van der Waals surface area contributed by atoms with Crippen molar-refractivity contribution in [1.82, 2.24) is 14.9 Å². The summed E-state index contributed by atoms with van der Waals surface area (Å²) < 4.78 is 26.0. The summed E-state index contributed by atoms with van der Waals surface area (Å²) in [5, 5.41) is 10.8. The highest BCUT2D eigenvalue weighted by Crippen LogP contribution is 2.13. The average Bonchev–Trinajstić information content (AvgIpc) is 2.82. The number of hydrogen-bond acceptors (Lipinski definition) is 6. The molecule has 1 aliphatic heterocycles. The van der Waals surface area contributed by atoms with E-state index in [1.807, 2.05) is 4.57 Å². The van der Waals surface area contributed by atoms with Gasteiger partial charge in [0.1, 0.15) is 17.2 Å². The number of fused-ring (bicyclic) bond motifs is 1. The molecule has 0 aromatic carbocycles. The number of carboxylic acids is 1. The standard InChI is InChI=1S/C10H16N4O4S/c11-7(10(15)16)1-4-19(17,18)9-5-8-12-2-3-14(8)6-13-9/h2-3,7,9,13H,1,4-6,11H2,(H,15,16)/t7-,9?/m0/s1. The van der Waals surface area contributed by atoms with Crippen LogP contribution < -0.4 is 11.1 Å². The van der Waals surface area contributed by atoms with Gasteiger partial charge in [-0.05, 0) is 6.42 Å². The van der Waals surface area contributed by atoms with Crippen LogP contribution in [0.1, 0.15) is 12.2 Å². The van der Waals surface area contributed by atoms with Crippen LogP contribution in [0.2, 0.25) is 0 Å². The summed E-state index contributed by atoms with van der Waals surface area (Å²) in [6, 6.07) is -1.15. The van der Waals surface area contributed by atoms with Crippen LogP contribution in [-0.2, 0) is 27.7 Å². The molecule has 9 heteroatoms. The summed E-state index contributed by atoms with van der Waals surface area (Å²) in [6.45, 7) is 0.379. The lowest BCUT2D eigenvalue weighted by Gasteiger charge is -2.25. The molecule has 0 bridgehead atoms. The number of sulfone groups is 1. The van der Waals surface area contributed by atoms with Crippen LogP contribution >= 0.6 is 0 Å². The van der Waals surface area contributed by atoms with E-state index in [-0.39, 0.29) is 18.6 Å². The average molecular weight is 288 g/mol. The molecule has 8 nitrogen and oxygen atoms in total. The Morgan fingerprint density at radius 2 is 2.42 bits per heavy atom. The summed E-state index contributed by atoms with van der Waals surface area (Å²) >= 11 is 0. The molecule has 0 radical (unpaired) electrons. The van der Waals surface area contributed by atoms with Gasteiger partial charge in [0.15, 0.2) is 9.84 Å². The molecule has 106 valence electrons. The number of nitrogens with two attached hydrogens (primary N) is 1.